The summed E-state index contributed by atoms with van der Waals surface area (Å²) in [6.45, 7) is 9.13. The van der Waals surface area contributed by atoms with Gasteiger partial charge in [-0.05, 0) is 52.9 Å². The van der Waals surface area contributed by atoms with Crippen molar-refractivity contribution in [3.63, 3.8) is 0 Å². The Bertz CT molecular complexity index is 1590. The maximum Gasteiger partial charge on any atom is 0.157 e. The molecule has 0 saturated carbocycles. The summed E-state index contributed by atoms with van der Waals surface area (Å²) in [6.07, 6.45) is 0.883. The molecule has 0 atom stereocenters. The molecule has 3 heterocycles. The SMILES string of the molecule is CCc1c(C)c(C#N)c2nc3ccccc3n2c1N1CCN(Cc2cccc3ccccc23)CC1. The Hall–Kier alpha value is -3.88. The fourth-order valence-corrected chi connectivity index (χ4v) is 5.71. The van der Waals surface area contributed by atoms with E-state index in [2.05, 4.69) is 88.7 Å². The lowest BCUT2D eigenvalue weighted by molar-refractivity contribution is 0.250. The maximum absolute atomic E-state index is 9.99. The zero-order chi connectivity index (χ0) is 23.9. The highest BCUT2D eigenvalue weighted by atomic mass is 15.3. The van der Waals surface area contributed by atoms with Crippen molar-refractivity contribution in [3.05, 3.63) is 89.0 Å². The summed E-state index contributed by atoms with van der Waals surface area (Å²) in [5, 5.41) is 12.6. The molecule has 5 heteroatoms. The van der Waals surface area contributed by atoms with Crippen molar-refractivity contribution in [2.45, 2.75) is 26.8 Å². The Morgan fingerprint density at radius 2 is 1.66 bits per heavy atom. The van der Waals surface area contributed by atoms with Gasteiger partial charge in [-0.25, -0.2) is 4.98 Å². The number of hydrogen-bond acceptors (Lipinski definition) is 4. The average Bonchev–Trinajstić information content (AvgIpc) is 3.28. The van der Waals surface area contributed by atoms with Gasteiger partial charge in [0.1, 0.15) is 11.9 Å². The molecule has 1 fully saturated rings. The molecule has 1 aliphatic rings. The van der Waals surface area contributed by atoms with Crippen LogP contribution in [0, 0.1) is 18.3 Å². The largest absolute Gasteiger partial charge is 0.355 e. The first-order chi connectivity index (χ1) is 17.2. The van der Waals surface area contributed by atoms with Crippen molar-refractivity contribution in [1.82, 2.24) is 14.3 Å². The van der Waals surface area contributed by atoms with Crippen molar-refractivity contribution < 1.29 is 0 Å². The van der Waals surface area contributed by atoms with Crippen molar-refractivity contribution >= 4 is 33.3 Å². The Morgan fingerprint density at radius 3 is 2.46 bits per heavy atom. The van der Waals surface area contributed by atoms with Gasteiger partial charge in [0.15, 0.2) is 5.65 Å². The minimum Gasteiger partial charge on any atom is -0.355 e. The van der Waals surface area contributed by atoms with Crippen LogP contribution in [0.4, 0.5) is 5.82 Å². The van der Waals surface area contributed by atoms with Crippen molar-refractivity contribution in [2.75, 3.05) is 31.1 Å². The van der Waals surface area contributed by atoms with Crippen molar-refractivity contribution in [2.24, 2.45) is 0 Å². The van der Waals surface area contributed by atoms with Gasteiger partial charge >= 0.3 is 0 Å². The number of imidazole rings is 1. The highest BCUT2D eigenvalue weighted by Gasteiger charge is 2.26. The van der Waals surface area contributed by atoms with E-state index in [1.807, 2.05) is 12.1 Å². The number of pyridine rings is 1. The maximum atomic E-state index is 9.99. The first-order valence-electron chi connectivity index (χ1n) is 12.5. The molecule has 0 aliphatic carbocycles. The summed E-state index contributed by atoms with van der Waals surface area (Å²) >= 11 is 0. The molecule has 0 unspecified atom stereocenters. The summed E-state index contributed by atoms with van der Waals surface area (Å²) in [7, 11) is 0. The predicted molar refractivity (Wildman–Crippen MR) is 143 cm³/mol. The van der Waals surface area contributed by atoms with Crippen LogP contribution < -0.4 is 4.90 Å². The standard InChI is InChI=1S/C30H29N5/c1-3-24-21(2)26(19-31)29-32-27-13-6-7-14-28(27)35(29)30(24)34-17-15-33(16-18-34)20-23-11-8-10-22-9-4-5-12-25(22)23/h4-14H,3,15-18,20H2,1-2H3. The summed E-state index contributed by atoms with van der Waals surface area (Å²) in [6, 6.07) is 25.9. The number of anilines is 1. The minimum absolute atomic E-state index is 0.691. The van der Waals surface area contributed by atoms with Crippen LogP contribution in [0.1, 0.15) is 29.2 Å². The van der Waals surface area contributed by atoms with E-state index < -0.39 is 0 Å². The van der Waals surface area contributed by atoms with Gasteiger partial charge in [0.25, 0.3) is 0 Å². The highest BCUT2D eigenvalue weighted by molar-refractivity contribution is 5.87. The average molecular weight is 460 g/mol. The van der Waals surface area contributed by atoms with Gasteiger partial charge in [0.2, 0.25) is 0 Å². The molecule has 5 nitrogen and oxygen atoms in total. The van der Waals surface area contributed by atoms with Gasteiger partial charge in [-0.1, -0.05) is 61.5 Å². The zero-order valence-electron chi connectivity index (χ0n) is 20.3. The van der Waals surface area contributed by atoms with E-state index in [9.17, 15) is 5.26 Å². The van der Waals surface area contributed by atoms with E-state index >= 15 is 0 Å². The van der Waals surface area contributed by atoms with Crippen LogP contribution in [-0.4, -0.2) is 40.5 Å². The fraction of sp³-hybridized carbons (Fsp3) is 0.267. The number of aromatic nitrogens is 2. The molecule has 1 saturated heterocycles. The van der Waals surface area contributed by atoms with Crippen LogP contribution >= 0.6 is 0 Å². The first-order valence-corrected chi connectivity index (χ1v) is 12.5. The van der Waals surface area contributed by atoms with E-state index in [1.54, 1.807) is 0 Å². The molecule has 0 radical (unpaired) electrons. The number of nitrogens with zero attached hydrogens (tertiary/aromatic N) is 5. The van der Waals surface area contributed by atoms with E-state index in [1.165, 1.54) is 27.7 Å². The van der Waals surface area contributed by atoms with Gasteiger partial charge in [-0.15, -0.1) is 0 Å². The second-order valence-corrected chi connectivity index (χ2v) is 9.43. The topological polar surface area (TPSA) is 47.6 Å². The molecular formula is C30H29N5. The van der Waals surface area contributed by atoms with E-state index in [0.717, 1.165) is 61.4 Å². The molecule has 2 aromatic heterocycles. The third-order valence-corrected chi connectivity index (χ3v) is 7.50. The lowest BCUT2D eigenvalue weighted by Crippen LogP contribution is -2.47. The molecule has 1 aliphatic heterocycles. The molecular weight excluding hydrogens is 430 g/mol. The molecule has 0 bridgehead atoms. The van der Waals surface area contributed by atoms with Crippen LogP contribution in [0.2, 0.25) is 0 Å². The monoisotopic (exact) mass is 459 g/mol. The molecule has 3 aromatic carbocycles. The Balaban J connectivity index is 1.36. The van der Waals surface area contributed by atoms with E-state index in [4.69, 9.17) is 4.98 Å². The van der Waals surface area contributed by atoms with Crippen LogP contribution in [0.15, 0.2) is 66.7 Å². The Labute approximate surface area is 205 Å². The quantitative estimate of drug-likeness (QED) is 0.346. The summed E-state index contributed by atoms with van der Waals surface area (Å²) in [5.41, 5.74) is 7.18. The van der Waals surface area contributed by atoms with Crippen LogP contribution in [0.5, 0.6) is 0 Å². The summed E-state index contributed by atoms with van der Waals surface area (Å²) < 4.78 is 2.24. The van der Waals surface area contributed by atoms with Crippen molar-refractivity contribution in [1.29, 1.82) is 5.26 Å². The van der Waals surface area contributed by atoms with E-state index in [0.29, 0.717) is 5.56 Å². The third kappa shape index (κ3) is 3.53. The number of hydrogen-bond donors (Lipinski definition) is 0. The Kier molecular flexibility index (Phi) is 5.39. The number of fused-ring (bicyclic) bond motifs is 4. The lowest BCUT2D eigenvalue weighted by Gasteiger charge is -2.38. The summed E-state index contributed by atoms with van der Waals surface area (Å²) in [4.78, 5) is 9.95. The van der Waals surface area contributed by atoms with Crippen LogP contribution in [0.25, 0.3) is 27.5 Å². The number of piperazine rings is 1. The normalized spacial score (nSPS) is 14.7. The Morgan fingerprint density at radius 1 is 0.914 bits per heavy atom. The smallest absolute Gasteiger partial charge is 0.157 e. The number of benzene rings is 3. The molecule has 0 spiro atoms. The molecule has 0 N–H and O–H groups in total. The number of para-hydroxylation sites is 2. The molecule has 0 amide bonds. The molecule has 174 valence electrons. The van der Waals surface area contributed by atoms with Gasteiger partial charge in [-0.3, -0.25) is 9.30 Å². The van der Waals surface area contributed by atoms with Gasteiger partial charge in [-0.2, -0.15) is 5.26 Å². The van der Waals surface area contributed by atoms with Gasteiger partial charge < -0.3 is 4.90 Å². The van der Waals surface area contributed by atoms with Crippen LogP contribution in [0.3, 0.4) is 0 Å². The molecule has 6 rings (SSSR count). The lowest BCUT2D eigenvalue weighted by atomic mass is 10.0. The highest BCUT2D eigenvalue weighted by Crippen LogP contribution is 2.34. The fourth-order valence-electron chi connectivity index (χ4n) is 5.71. The molecule has 5 aromatic rings. The predicted octanol–water partition coefficient (Wildman–Crippen LogP) is 5.71. The third-order valence-electron chi connectivity index (χ3n) is 7.50. The number of rotatable bonds is 4. The van der Waals surface area contributed by atoms with Gasteiger partial charge in [0, 0.05) is 32.7 Å². The minimum atomic E-state index is 0.691. The number of nitriles is 1. The second kappa shape index (κ2) is 8.72. The summed E-state index contributed by atoms with van der Waals surface area (Å²) in [5.74, 6) is 1.21. The zero-order valence-corrected chi connectivity index (χ0v) is 20.3. The van der Waals surface area contributed by atoms with Gasteiger partial charge in [0.05, 0.1) is 16.6 Å². The first kappa shape index (κ1) is 21.6. The van der Waals surface area contributed by atoms with Crippen molar-refractivity contribution in [3.8, 4) is 6.07 Å². The van der Waals surface area contributed by atoms with E-state index in [-0.39, 0.29) is 0 Å². The second-order valence-electron chi connectivity index (χ2n) is 9.43. The van der Waals surface area contributed by atoms with Crippen LogP contribution in [-0.2, 0) is 13.0 Å². The molecule has 35 heavy (non-hydrogen) atoms.